The molecule has 7 heteroatoms. The van der Waals surface area contributed by atoms with Gasteiger partial charge in [-0.15, -0.1) is 0 Å². The number of nitrogens with zero attached hydrogens (tertiary/aromatic N) is 2. The molecule has 0 radical (unpaired) electrons. The van der Waals surface area contributed by atoms with Crippen LogP contribution in [0.1, 0.15) is 5.56 Å². The lowest BCUT2D eigenvalue weighted by Gasteiger charge is -2.10. The Morgan fingerprint density at radius 2 is 1.72 bits per heavy atom. The van der Waals surface area contributed by atoms with Gasteiger partial charge < -0.3 is 11.1 Å². The van der Waals surface area contributed by atoms with Gasteiger partial charge in [0.05, 0.1) is 15.7 Å². The molecule has 2 aromatic carbocycles. The number of aromatic nitrogens is 2. The van der Waals surface area contributed by atoms with Crippen molar-refractivity contribution in [2.45, 2.75) is 6.42 Å². The van der Waals surface area contributed by atoms with E-state index in [-0.39, 0.29) is 5.95 Å². The molecule has 1 heterocycles. The van der Waals surface area contributed by atoms with Crippen LogP contribution in [0.3, 0.4) is 0 Å². The van der Waals surface area contributed by atoms with Crippen LogP contribution in [-0.2, 0) is 6.42 Å². The monoisotopic (exact) mass is 392 g/mol. The number of nitrogens with two attached hydrogens (primary N) is 1. The lowest BCUT2D eigenvalue weighted by molar-refractivity contribution is 1.00. The van der Waals surface area contributed by atoms with Gasteiger partial charge in [-0.25, -0.2) is 4.98 Å². The van der Waals surface area contributed by atoms with Gasteiger partial charge in [0.2, 0.25) is 5.95 Å². The van der Waals surface area contributed by atoms with Crippen LogP contribution in [0, 0.1) is 0 Å². The van der Waals surface area contributed by atoms with E-state index in [1.165, 1.54) is 5.56 Å². The second-order valence-electron chi connectivity index (χ2n) is 5.40. The van der Waals surface area contributed by atoms with E-state index in [2.05, 4.69) is 15.3 Å². The molecule has 0 saturated carbocycles. The first-order valence-corrected chi connectivity index (χ1v) is 8.73. The zero-order valence-electron chi connectivity index (χ0n) is 13.1. The standard InChI is InChI=1S/C18H15Cl3N4/c19-12-6-4-11(5-7-12)8-9-23-16-10-15(24-18(22)25-16)13-2-1-3-14(20)17(13)21/h1-7,10H,8-9H2,(H3,22,23,24,25). The summed E-state index contributed by atoms with van der Waals surface area (Å²) in [7, 11) is 0. The Kier molecular flexibility index (Phi) is 5.63. The van der Waals surface area contributed by atoms with E-state index >= 15 is 0 Å². The number of hydrogen-bond donors (Lipinski definition) is 2. The molecule has 3 N–H and O–H groups in total. The largest absolute Gasteiger partial charge is 0.370 e. The van der Waals surface area contributed by atoms with Crippen LogP contribution in [0.25, 0.3) is 11.3 Å². The summed E-state index contributed by atoms with van der Waals surface area (Å²) in [5, 5.41) is 4.88. The fourth-order valence-electron chi connectivity index (χ4n) is 2.38. The SMILES string of the molecule is Nc1nc(NCCc2ccc(Cl)cc2)cc(-c2cccc(Cl)c2Cl)n1. The van der Waals surface area contributed by atoms with Crippen molar-refractivity contribution in [1.29, 1.82) is 0 Å². The predicted octanol–water partition coefficient (Wildman–Crippen LogP) is 5.34. The highest BCUT2D eigenvalue weighted by Gasteiger charge is 2.10. The number of anilines is 2. The summed E-state index contributed by atoms with van der Waals surface area (Å²) in [6.45, 7) is 0.695. The summed E-state index contributed by atoms with van der Waals surface area (Å²) in [5.41, 5.74) is 8.34. The highest BCUT2D eigenvalue weighted by Crippen LogP contribution is 2.33. The van der Waals surface area contributed by atoms with Gasteiger partial charge in [-0.2, -0.15) is 4.98 Å². The minimum atomic E-state index is 0.169. The average molecular weight is 394 g/mol. The van der Waals surface area contributed by atoms with Crippen molar-refractivity contribution in [2.75, 3.05) is 17.6 Å². The summed E-state index contributed by atoms with van der Waals surface area (Å²) in [4.78, 5) is 8.47. The topological polar surface area (TPSA) is 63.8 Å². The second kappa shape index (κ2) is 7.91. The molecule has 0 unspecified atom stereocenters. The molecule has 128 valence electrons. The van der Waals surface area contributed by atoms with Crippen molar-refractivity contribution in [3.05, 3.63) is 69.2 Å². The summed E-state index contributed by atoms with van der Waals surface area (Å²) >= 11 is 18.2. The summed E-state index contributed by atoms with van der Waals surface area (Å²) < 4.78 is 0. The van der Waals surface area contributed by atoms with Gasteiger partial charge in [0.1, 0.15) is 5.82 Å². The van der Waals surface area contributed by atoms with Crippen molar-refractivity contribution >= 4 is 46.6 Å². The Morgan fingerprint density at radius 1 is 0.960 bits per heavy atom. The van der Waals surface area contributed by atoms with Crippen molar-refractivity contribution < 1.29 is 0 Å². The van der Waals surface area contributed by atoms with Crippen LogP contribution >= 0.6 is 34.8 Å². The van der Waals surface area contributed by atoms with E-state index in [1.807, 2.05) is 36.4 Å². The Labute approximate surface area is 161 Å². The molecule has 0 amide bonds. The van der Waals surface area contributed by atoms with E-state index in [0.717, 1.165) is 11.4 Å². The minimum Gasteiger partial charge on any atom is -0.370 e. The number of hydrogen-bond acceptors (Lipinski definition) is 4. The number of halogens is 3. The molecule has 0 aliphatic carbocycles. The summed E-state index contributed by atoms with van der Waals surface area (Å²) in [6.07, 6.45) is 0.828. The van der Waals surface area contributed by atoms with E-state index in [4.69, 9.17) is 40.5 Å². The predicted molar refractivity (Wildman–Crippen MR) is 106 cm³/mol. The number of rotatable bonds is 5. The zero-order chi connectivity index (χ0) is 17.8. The van der Waals surface area contributed by atoms with Gasteiger partial charge in [-0.3, -0.25) is 0 Å². The Bertz CT molecular complexity index is 882. The van der Waals surface area contributed by atoms with E-state index in [9.17, 15) is 0 Å². The summed E-state index contributed by atoms with van der Waals surface area (Å²) in [5.74, 6) is 0.801. The van der Waals surface area contributed by atoms with Crippen LogP contribution in [-0.4, -0.2) is 16.5 Å². The molecule has 0 bridgehead atoms. The maximum absolute atomic E-state index is 6.27. The fraction of sp³-hybridized carbons (Fsp3) is 0.111. The lowest BCUT2D eigenvalue weighted by Crippen LogP contribution is -2.08. The molecule has 0 fully saturated rings. The van der Waals surface area contributed by atoms with Gasteiger partial charge in [0, 0.05) is 23.2 Å². The van der Waals surface area contributed by atoms with Gasteiger partial charge in [0.25, 0.3) is 0 Å². The molecular weight excluding hydrogens is 379 g/mol. The molecule has 3 rings (SSSR count). The molecule has 0 aliphatic rings. The first kappa shape index (κ1) is 17.8. The van der Waals surface area contributed by atoms with Crippen molar-refractivity contribution in [2.24, 2.45) is 0 Å². The maximum Gasteiger partial charge on any atom is 0.222 e. The molecule has 3 aromatic rings. The van der Waals surface area contributed by atoms with Crippen LogP contribution in [0.5, 0.6) is 0 Å². The second-order valence-corrected chi connectivity index (χ2v) is 6.62. The molecule has 25 heavy (non-hydrogen) atoms. The third-order valence-electron chi connectivity index (χ3n) is 3.60. The Balaban J connectivity index is 1.75. The van der Waals surface area contributed by atoms with Gasteiger partial charge >= 0.3 is 0 Å². The molecule has 0 atom stereocenters. The van der Waals surface area contributed by atoms with E-state index < -0.39 is 0 Å². The van der Waals surface area contributed by atoms with Crippen LogP contribution < -0.4 is 11.1 Å². The highest BCUT2D eigenvalue weighted by atomic mass is 35.5. The Morgan fingerprint density at radius 3 is 2.48 bits per heavy atom. The maximum atomic E-state index is 6.27. The summed E-state index contributed by atoms with van der Waals surface area (Å²) in [6, 6.07) is 14.9. The first-order valence-electron chi connectivity index (χ1n) is 7.60. The number of nitrogens with one attached hydrogen (secondary N) is 1. The average Bonchev–Trinajstić information content (AvgIpc) is 2.59. The zero-order valence-corrected chi connectivity index (χ0v) is 15.4. The first-order chi connectivity index (χ1) is 12.0. The normalized spacial score (nSPS) is 10.7. The van der Waals surface area contributed by atoms with E-state index in [1.54, 1.807) is 12.1 Å². The van der Waals surface area contributed by atoms with Crippen molar-refractivity contribution in [1.82, 2.24) is 9.97 Å². The van der Waals surface area contributed by atoms with Gasteiger partial charge in [0.15, 0.2) is 0 Å². The quantitative estimate of drug-likeness (QED) is 0.614. The van der Waals surface area contributed by atoms with Gasteiger partial charge in [-0.1, -0.05) is 59.1 Å². The molecule has 4 nitrogen and oxygen atoms in total. The smallest absolute Gasteiger partial charge is 0.222 e. The number of benzene rings is 2. The van der Waals surface area contributed by atoms with Crippen molar-refractivity contribution in [3.63, 3.8) is 0 Å². The van der Waals surface area contributed by atoms with Gasteiger partial charge in [-0.05, 0) is 30.2 Å². The number of nitrogen functional groups attached to an aromatic ring is 1. The van der Waals surface area contributed by atoms with E-state index in [0.29, 0.717) is 33.7 Å². The van der Waals surface area contributed by atoms with Crippen molar-refractivity contribution in [3.8, 4) is 11.3 Å². The molecular formula is C18H15Cl3N4. The minimum absolute atomic E-state index is 0.169. The lowest BCUT2D eigenvalue weighted by atomic mass is 10.1. The molecule has 1 aromatic heterocycles. The van der Waals surface area contributed by atoms with Crippen LogP contribution in [0.15, 0.2) is 48.5 Å². The third kappa shape index (κ3) is 4.54. The molecule has 0 saturated heterocycles. The molecule has 0 aliphatic heterocycles. The van der Waals surface area contributed by atoms with Crippen LogP contribution in [0.4, 0.5) is 11.8 Å². The fourth-order valence-corrected chi connectivity index (χ4v) is 2.91. The van der Waals surface area contributed by atoms with Crippen LogP contribution in [0.2, 0.25) is 15.1 Å². The Hall–Kier alpha value is -2.01. The third-order valence-corrected chi connectivity index (χ3v) is 4.67. The molecule has 0 spiro atoms. The highest BCUT2D eigenvalue weighted by molar-refractivity contribution is 6.43.